The van der Waals surface area contributed by atoms with Crippen LogP contribution >= 0.6 is 0 Å². The molecule has 0 heterocycles. The summed E-state index contributed by atoms with van der Waals surface area (Å²) in [4.78, 5) is 0. The van der Waals surface area contributed by atoms with Crippen molar-refractivity contribution in [2.24, 2.45) is 11.7 Å². The average Bonchev–Trinajstić information content (AvgIpc) is 2.37. The van der Waals surface area contributed by atoms with Gasteiger partial charge in [-0.2, -0.15) is 0 Å². The maximum atomic E-state index is 13.0. The summed E-state index contributed by atoms with van der Waals surface area (Å²) in [6.07, 6.45) is 5.71. The van der Waals surface area contributed by atoms with E-state index in [1.807, 2.05) is 6.07 Å². The Bertz CT molecular complexity index is 359. The van der Waals surface area contributed by atoms with Gasteiger partial charge in [0.2, 0.25) is 0 Å². The molecule has 1 aromatic rings. The molecule has 2 rings (SSSR count). The highest BCUT2D eigenvalue weighted by atomic mass is 19.1. The van der Waals surface area contributed by atoms with Crippen LogP contribution in [0, 0.1) is 11.7 Å². The molecule has 0 bridgehead atoms. The van der Waals surface area contributed by atoms with Crippen molar-refractivity contribution in [1.29, 1.82) is 0 Å². The number of rotatable bonds is 5. The standard InChI is InChI=1S/C15H23FN2/c16-14-3-1-2-12(10-14)8-9-18-11-13-4-6-15(17)7-5-13/h1-3,10,13,15,18H,4-9,11,17H2. The van der Waals surface area contributed by atoms with Crippen molar-refractivity contribution >= 4 is 0 Å². The van der Waals surface area contributed by atoms with Crippen molar-refractivity contribution in [1.82, 2.24) is 5.32 Å². The van der Waals surface area contributed by atoms with Gasteiger partial charge in [0.05, 0.1) is 0 Å². The lowest BCUT2D eigenvalue weighted by atomic mass is 9.86. The van der Waals surface area contributed by atoms with Gasteiger partial charge >= 0.3 is 0 Å². The molecule has 0 unspecified atom stereocenters. The van der Waals surface area contributed by atoms with E-state index in [1.165, 1.54) is 18.9 Å². The Morgan fingerprint density at radius 3 is 2.72 bits per heavy atom. The number of halogens is 1. The molecule has 3 heteroatoms. The van der Waals surface area contributed by atoms with Gasteiger partial charge in [-0.15, -0.1) is 0 Å². The quantitative estimate of drug-likeness (QED) is 0.788. The van der Waals surface area contributed by atoms with E-state index in [1.54, 1.807) is 12.1 Å². The van der Waals surface area contributed by atoms with Gasteiger partial charge in [-0.05, 0) is 68.8 Å². The highest BCUT2D eigenvalue weighted by molar-refractivity contribution is 5.16. The van der Waals surface area contributed by atoms with Crippen LogP contribution in [0.25, 0.3) is 0 Å². The Labute approximate surface area is 109 Å². The molecule has 0 radical (unpaired) electrons. The van der Waals surface area contributed by atoms with E-state index in [2.05, 4.69) is 5.32 Å². The van der Waals surface area contributed by atoms with E-state index >= 15 is 0 Å². The minimum Gasteiger partial charge on any atom is -0.328 e. The molecule has 1 aromatic carbocycles. The normalized spacial score (nSPS) is 24.1. The highest BCUT2D eigenvalue weighted by Gasteiger charge is 2.17. The average molecular weight is 250 g/mol. The van der Waals surface area contributed by atoms with Gasteiger partial charge < -0.3 is 11.1 Å². The lowest BCUT2D eigenvalue weighted by molar-refractivity contribution is 0.315. The summed E-state index contributed by atoms with van der Waals surface area (Å²) in [6.45, 7) is 1.99. The third kappa shape index (κ3) is 4.39. The van der Waals surface area contributed by atoms with Crippen molar-refractivity contribution < 1.29 is 4.39 Å². The first-order chi connectivity index (χ1) is 8.74. The number of nitrogens with two attached hydrogens (primary N) is 1. The molecule has 0 aromatic heterocycles. The zero-order valence-electron chi connectivity index (χ0n) is 10.9. The molecule has 100 valence electrons. The first-order valence-corrected chi connectivity index (χ1v) is 6.95. The summed E-state index contributed by atoms with van der Waals surface area (Å²) in [7, 11) is 0. The fourth-order valence-electron chi connectivity index (χ4n) is 2.62. The van der Waals surface area contributed by atoms with Crippen molar-refractivity contribution in [3.63, 3.8) is 0 Å². The van der Waals surface area contributed by atoms with Gasteiger partial charge in [-0.3, -0.25) is 0 Å². The molecule has 18 heavy (non-hydrogen) atoms. The van der Waals surface area contributed by atoms with Crippen molar-refractivity contribution in [2.75, 3.05) is 13.1 Å². The summed E-state index contributed by atoms with van der Waals surface area (Å²) in [5.41, 5.74) is 6.95. The zero-order valence-corrected chi connectivity index (χ0v) is 10.9. The van der Waals surface area contributed by atoms with E-state index in [0.717, 1.165) is 43.8 Å². The van der Waals surface area contributed by atoms with E-state index in [4.69, 9.17) is 5.73 Å². The summed E-state index contributed by atoms with van der Waals surface area (Å²) in [5.74, 6) is 0.631. The molecule has 2 nitrogen and oxygen atoms in total. The Morgan fingerprint density at radius 1 is 1.22 bits per heavy atom. The van der Waals surface area contributed by atoms with Gasteiger partial charge in [0, 0.05) is 6.04 Å². The first kappa shape index (κ1) is 13.5. The minimum absolute atomic E-state index is 0.145. The summed E-state index contributed by atoms with van der Waals surface area (Å²) in [6, 6.07) is 7.27. The van der Waals surface area contributed by atoms with Gasteiger partial charge in [-0.1, -0.05) is 12.1 Å². The van der Waals surface area contributed by atoms with Gasteiger partial charge in [0.1, 0.15) is 5.82 Å². The monoisotopic (exact) mass is 250 g/mol. The van der Waals surface area contributed by atoms with Crippen LogP contribution in [0.4, 0.5) is 4.39 Å². The predicted molar refractivity (Wildman–Crippen MR) is 72.9 cm³/mol. The molecule has 1 aliphatic carbocycles. The fraction of sp³-hybridized carbons (Fsp3) is 0.600. The molecule has 0 saturated heterocycles. The van der Waals surface area contributed by atoms with Crippen LogP contribution in [-0.2, 0) is 6.42 Å². The van der Waals surface area contributed by atoms with Crippen LogP contribution in [0.2, 0.25) is 0 Å². The third-order valence-electron chi connectivity index (χ3n) is 3.80. The minimum atomic E-state index is -0.145. The second-order valence-corrected chi connectivity index (χ2v) is 5.36. The Kier molecular flexibility index (Phi) is 5.14. The van der Waals surface area contributed by atoms with E-state index in [9.17, 15) is 4.39 Å². The Balaban J connectivity index is 1.61. The zero-order chi connectivity index (χ0) is 12.8. The molecule has 3 N–H and O–H groups in total. The molecule has 0 amide bonds. The second-order valence-electron chi connectivity index (χ2n) is 5.36. The van der Waals surface area contributed by atoms with Gasteiger partial charge in [0.15, 0.2) is 0 Å². The lowest BCUT2D eigenvalue weighted by Gasteiger charge is -2.26. The SMILES string of the molecule is NC1CCC(CNCCc2cccc(F)c2)CC1. The molecule has 0 atom stereocenters. The lowest BCUT2D eigenvalue weighted by Crippen LogP contribution is -2.32. The van der Waals surface area contributed by atoms with Crippen LogP contribution in [-0.4, -0.2) is 19.1 Å². The fourth-order valence-corrected chi connectivity index (χ4v) is 2.62. The van der Waals surface area contributed by atoms with E-state index in [0.29, 0.717) is 6.04 Å². The summed E-state index contributed by atoms with van der Waals surface area (Å²) >= 11 is 0. The smallest absolute Gasteiger partial charge is 0.123 e. The predicted octanol–water partition coefficient (Wildman–Crippen LogP) is 2.48. The largest absolute Gasteiger partial charge is 0.328 e. The summed E-state index contributed by atoms with van der Waals surface area (Å²) < 4.78 is 13.0. The van der Waals surface area contributed by atoms with Crippen LogP contribution in [0.15, 0.2) is 24.3 Å². The number of hydrogen-bond acceptors (Lipinski definition) is 2. The number of hydrogen-bond donors (Lipinski definition) is 2. The van der Waals surface area contributed by atoms with Crippen molar-refractivity contribution in [3.05, 3.63) is 35.6 Å². The number of nitrogens with one attached hydrogen (secondary N) is 1. The Morgan fingerprint density at radius 2 is 2.00 bits per heavy atom. The van der Waals surface area contributed by atoms with Crippen LogP contribution < -0.4 is 11.1 Å². The maximum absolute atomic E-state index is 13.0. The molecular weight excluding hydrogens is 227 g/mol. The van der Waals surface area contributed by atoms with E-state index < -0.39 is 0 Å². The molecule has 0 aliphatic heterocycles. The van der Waals surface area contributed by atoms with Crippen molar-refractivity contribution in [2.45, 2.75) is 38.1 Å². The summed E-state index contributed by atoms with van der Waals surface area (Å²) in [5, 5.41) is 3.47. The topological polar surface area (TPSA) is 38.0 Å². The second kappa shape index (κ2) is 6.86. The van der Waals surface area contributed by atoms with Crippen LogP contribution in [0.3, 0.4) is 0 Å². The molecule has 1 aliphatic rings. The van der Waals surface area contributed by atoms with Gasteiger partial charge in [-0.25, -0.2) is 4.39 Å². The molecular formula is C15H23FN2. The molecule has 0 spiro atoms. The number of benzene rings is 1. The first-order valence-electron chi connectivity index (χ1n) is 6.95. The molecule has 1 fully saturated rings. The van der Waals surface area contributed by atoms with E-state index in [-0.39, 0.29) is 5.82 Å². The Hall–Kier alpha value is -0.930. The van der Waals surface area contributed by atoms with Crippen LogP contribution in [0.5, 0.6) is 0 Å². The third-order valence-corrected chi connectivity index (χ3v) is 3.80. The van der Waals surface area contributed by atoms with Crippen molar-refractivity contribution in [3.8, 4) is 0 Å². The molecule has 1 saturated carbocycles. The van der Waals surface area contributed by atoms with Crippen LogP contribution in [0.1, 0.15) is 31.2 Å². The highest BCUT2D eigenvalue weighted by Crippen LogP contribution is 2.22. The van der Waals surface area contributed by atoms with Gasteiger partial charge in [0.25, 0.3) is 0 Å². The maximum Gasteiger partial charge on any atom is 0.123 e.